The minimum atomic E-state index is -0.119. The second-order valence-corrected chi connectivity index (χ2v) is 6.02. The molecule has 1 unspecified atom stereocenters. The van der Waals surface area contributed by atoms with Crippen molar-refractivity contribution in [2.24, 2.45) is 0 Å². The summed E-state index contributed by atoms with van der Waals surface area (Å²) in [7, 11) is 2.15. The van der Waals surface area contributed by atoms with Gasteiger partial charge in [-0.1, -0.05) is 11.6 Å². The number of fused-ring (bicyclic) bond motifs is 1. The van der Waals surface area contributed by atoms with E-state index in [0.717, 1.165) is 13.1 Å². The summed E-state index contributed by atoms with van der Waals surface area (Å²) in [6, 6.07) is 5.70. The summed E-state index contributed by atoms with van der Waals surface area (Å²) in [6.07, 6.45) is 2.48. The number of likely N-dealkylation sites (tertiary alicyclic amines) is 1. The molecule has 0 radical (unpaired) electrons. The Kier molecular flexibility index (Phi) is 4.24. The number of benzene rings is 1. The van der Waals surface area contributed by atoms with E-state index in [9.17, 15) is 4.79 Å². The van der Waals surface area contributed by atoms with Gasteiger partial charge >= 0.3 is 0 Å². The number of H-pyrrole nitrogens is 1. The van der Waals surface area contributed by atoms with Crippen molar-refractivity contribution >= 4 is 22.5 Å². The van der Waals surface area contributed by atoms with E-state index in [1.54, 1.807) is 18.2 Å². The van der Waals surface area contributed by atoms with Crippen molar-refractivity contribution < 1.29 is 0 Å². The predicted octanol–water partition coefficient (Wildman–Crippen LogP) is 1.76. The molecule has 0 bridgehead atoms. The molecule has 0 saturated carbocycles. The molecule has 2 N–H and O–H groups in total. The van der Waals surface area contributed by atoms with Gasteiger partial charge in [-0.3, -0.25) is 4.79 Å². The van der Waals surface area contributed by atoms with Crippen LogP contribution in [0.5, 0.6) is 0 Å². The highest BCUT2D eigenvalue weighted by atomic mass is 35.5. The fourth-order valence-corrected chi connectivity index (χ4v) is 3.01. The molecule has 3 rings (SSSR count). The van der Waals surface area contributed by atoms with Gasteiger partial charge in [-0.15, -0.1) is 0 Å². The summed E-state index contributed by atoms with van der Waals surface area (Å²) in [5, 5.41) is 4.53. The van der Waals surface area contributed by atoms with E-state index in [4.69, 9.17) is 11.6 Å². The van der Waals surface area contributed by atoms with E-state index in [2.05, 4.69) is 27.2 Å². The molecule has 1 aromatic carbocycles. The summed E-state index contributed by atoms with van der Waals surface area (Å²) >= 11 is 5.96. The number of likely N-dealkylation sites (N-methyl/N-ethyl adjacent to an activating group) is 1. The minimum absolute atomic E-state index is 0.119. The third kappa shape index (κ3) is 3.26. The Morgan fingerprint density at radius 3 is 3.14 bits per heavy atom. The molecule has 1 aliphatic heterocycles. The minimum Gasteiger partial charge on any atom is -0.309 e. The molecule has 1 atom stereocenters. The Labute approximate surface area is 128 Å². The summed E-state index contributed by atoms with van der Waals surface area (Å²) < 4.78 is 0. The lowest BCUT2D eigenvalue weighted by Gasteiger charge is -2.19. The largest absolute Gasteiger partial charge is 0.309 e. The van der Waals surface area contributed by atoms with Crippen LogP contribution in [0.25, 0.3) is 10.9 Å². The van der Waals surface area contributed by atoms with Crippen molar-refractivity contribution in [1.82, 2.24) is 20.2 Å². The normalized spacial score (nSPS) is 19.4. The molecular weight excluding hydrogens is 288 g/mol. The molecule has 112 valence electrons. The van der Waals surface area contributed by atoms with Crippen molar-refractivity contribution in [3.8, 4) is 0 Å². The molecule has 6 heteroatoms. The molecular formula is C15H19ClN4O. The van der Waals surface area contributed by atoms with Crippen LogP contribution in [0.2, 0.25) is 5.02 Å². The highest BCUT2D eigenvalue weighted by Crippen LogP contribution is 2.15. The van der Waals surface area contributed by atoms with Gasteiger partial charge in [-0.2, -0.15) is 0 Å². The summed E-state index contributed by atoms with van der Waals surface area (Å²) in [5.74, 6) is 0.649. The monoisotopic (exact) mass is 306 g/mol. The maximum atomic E-state index is 12.0. The van der Waals surface area contributed by atoms with Crippen LogP contribution < -0.4 is 10.9 Å². The number of nitrogens with one attached hydrogen (secondary N) is 2. The van der Waals surface area contributed by atoms with Crippen molar-refractivity contribution in [2.75, 3.05) is 20.1 Å². The van der Waals surface area contributed by atoms with Gasteiger partial charge in [0.25, 0.3) is 5.56 Å². The quantitative estimate of drug-likeness (QED) is 0.903. The lowest BCUT2D eigenvalue weighted by atomic mass is 10.2. The molecule has 0 aliphatic carbocycles. The SMILES string of the molecule is CN1CCCC1CNCc1nc2cc(Cl)ccc2c(=O)[nH]1. The van der Waals surface area contributed by atoms with Crippen LogP contribution in [0.4, 0.5) is 0 Å². The van der Waals surface area contributed by atoms with Crippen molar-refractivity contribution in [3.05, 3.63) is 39.4 Å². The van der Waals surface area contributed by atoms with Crippen LogP contribution in [0.3, 0.4) is 0 Å². The van der Waals surface area contributed by atoms with Gasteiger partial charge < -0.3 is 15.2 Å². The Balaban J connectivity index is 1.70. The third-order valence-corrected chi connectivity index (χ3v) is 4.30. The standard InChI is InChI=1S/C15H19ClN4O/c1-20-6-2-3-11(20)8-17-9-14-18-13-7-10(16)4-5-12(13)15(21)19-14/h4-5,7,11,17H,2-3,6,8-9H2,1H3,(H,18,19,21). The van der Waals surface area contributed by atoms with E-state index in [1.807, 2.05) is 0 Å². The fourth-order valence-electron chi connectivity index (χ4n) is 2.84. The third-order valence-electron chi connectivity index (χ3n) is 4.06. The predicted molar refractivity (Wildman–Crippen MR) is 84.7 cm³/mol. The number of aromatic nitrogens is 2. The first-order valence-electron chi connectivity index (χ1n) is 7.23. The molecule has 1 aromatic heterocycles. The highest BCUT2D eigenvalue weighted by molar-refractivity contribution is 6.31. The average Bonchev–Trinajstić information content (AvgIpc) is 2.84. The van der Waals surface area contributed by atoms with Gasteiger partial charge in [0.2, 0.25) is 0 Å². The fraction of sp³-hybridized carbons (Fsp3) is 0.467. The zero-order valence-corrected chi connectivity index (χ0v) is 12.8. The van der Waals surface area contributed by atoms with Crippen LogP contribution in [-0.2, 0) is 6.54 Å². The van der Waals surface area contributed by atoms with Gasteiger partial charge in [0.1, 0.15) is 5.82 Å². The lowest BCUT2D eigenvalue weighted by Crippen LogP contribution is -2.35. The Hall–Kier alpha value is -1.43. The molecule has 21 heavy (non-hydrogen) atoms. The van der Waals surface area contributed by atoms with Crippen LogP contribution in [0, 0.1) is 0 Å². The number of hydrogen-bond donors (Lipinski definition) is 2. The first-order chi connectivity index (χ1) is 10.1. The van der Waals surface area contributed by atoms with Gasteiger partial charge in [-0.25, -0.2) is 4.98 Å². The van der Waals surface area contributed by atoms with Gasteiger partial charge in [0, 0.05) is 17.6 Å². The second-order valence-electron chi connectivity index (χ2n) is 5.58. The molecule has 5 nitrogen and oxygen atoms in total. The summed E-state index contributed by atoms with van der Waals surface area (Å²) in [5.41, 5.74) is 0.521. The summed E-state index contributed by atoms with van der Waals surface area (Å²) in [4.78, 5) is 21.7. The zero-order valence-electron chi connectivity index (χ0n) is 12.0. The van der Waals surface area contributed by atoms with Crippen LogP contribution in [0.1, 0.15) is 18.7 Å². The van der Waals surface area contributed by atoms with Crippen LogP contribution >= 0.6 is 11.6 Å². The molecule has 2 heterocycles. The molecule has 1 aliphatic rings. The maximum absolute atomic E-state index is 12.0. The van der Waals surface area contributed by atoms with Crippen molar-refractivity contribution in [1.29, 1.82) is 0 Å². The number of rotatable bonds is 4. The van der Waals surface area contributed by atoms with E-state index in [1.165, 1.54) is 12.8 Å². The first kappa shape index (κ1) is 14.5. The topological polar surface area (TPSA) is 61.0 Å². The molecule has 2 aromatic rings. The van der Waals surface area contributed by atoms with Gasteiger partial charge in [0.15, 0.2) is 0 Å². The first-order valence-corrected chi connectivity index (χ1v) is 7.61. The highest BCUT2D eigenvalue weighted by Gasteiger charge is 2.19. The van der Waals surface area contributed by atoms with E-state index in [-0.39, 0.29) is 5.56 Å². The Morgan fingerprint density at radius 1 is 1.52 bits per heavy atom. The lowest BCUT2D eigenvalue weighted by molar-refractivity contribution is 0.299. The average molecular weight is 307 g/mol. The smallest absolute Gasteiger partial charge is 0.258 e. The number of aromatic amines is 1. The summed E-state index contributed by atoms with van der Waals surface area (Å²) in [6.45, 7) is 2.63. The molecule has 1 saturated heterocycles. The second kappa shape index (κ2) is 6.13. The Morgan fingerprint density at radius 2 is 2.38 bits per heavy atom. The Bertz CT molecular complexity index is 700. The molecule has 0 spiro atoms. The van der Waals surface area contributed by atoms with Crippen LogP contribution in [-0.4, -0.2) is 41.0 Å². The van der Waals surface area contributed by atoms with E-state index in [0.29, 0.717) is 34.3 Å². The number of nitrogens with zero attached hydrogens (tertiary/aromatic N) is 2. The van der Waals surface area contributed by atoms with Gasteiger partial charge in [-0.05, 0) is 44.6 Å². The number of halogens is 1. The zero-order chi connectivity index (χ0) is 14.8. The van der Waals surface area contributed by atoms with Gasteiger partial charge in [0.05, 0.1) is 17.4 Å². The maximum Gasteiger partial charge on any atom is 0.258 e. The van der Waals surface area contributed by atoms with Crippen LogP contribution in [0.15, 0.2) is 23.0 Å². The van der Waals surface area contributed by atoms with E-state index >= 15 is 0 Å². The molecule has 1 fully saturated rings. The van der Waals surface area contributed by atoms with Crippen molar-refractivity contribution in [2.45, 2.75) is 25.4 Å². The van der Waals surface area contributed by atoms with E-state index < -0.39 is 0 Å². The molecule has 0 amide bonds. The number of hydrogen-bond acceptors (Lipinski definition) is 4. The van der Waals surface area contributed by atoms with Crippen molar-refractivity contribution in [3.63, 3.8) is 0 Å².